The average Bonchev–Trinajstić information content (AvgIpc) is 2.46. The molecule has 1 heterocycles. The molecule has 1 aliphatic rings. The largest absolute Gasteiger partial charge is 0.385 e. The van der Waals surface area contributed by atoms with Crippen LogP contribution in [0.15, 0.2) is 30.3 Å². The molecule has 2 atom stereocenters. The van der Waals surface area contributed by atoms with Crippen molar-refractivity contribution in [1.82, 2.24) is 4.98 Å². The number of hydrogen-bond donors (Lipinski definition) is 1. The normalized spacial score (nSPS) is 26.4. The fraction of sp³-hybridized carbons (Fsp3) is 0.526. The summed E-state index contributed by atoms with van der Waals surface area (Å²) in [6.45, 7) is 6.47. The van der Waals surface area contributed by atoms with E-state index in [1.807, 2.05) is 13.0 Å². The maximum absolute atomic E-state index is 11.4. The molecule has 0 saturated heterocycles. The van der Waals surface area contributed by atoms with Crippen LogP contribution < -0.4 is 0 Å². The number of nitrogens with zero attached hydrogens (tertiary/aromatic N) is 1. The van der Waals surface area contributed by atoms with E-state index in [1.165, 1.54) is 6.42 Å². The molecule has 1 aromatic heterocycles. The Morgan fingerprint density at radius 1 is 1.19 bits per heavy atom. The summed E-state index contributed by atoms with van der Waals surface area (Å²) < 4.78 is 0. The number of hydrogen-bond acceptors (Lipinski definition) is 2. The highest BCUT2D eigenvalue weighted by Crippen LogP contribution is 2.45. The minimum atomic E-state index is -0.675. The molecule has 1 N–H and O–H groups in total. The molecule has 1 fully saturated rings. The Morgan fingerprint density at radius 3 is 2.76 bits per heavy atom. The number of benzene rings is 1. The third-order valence-corrected chi connectivity index (χ3v) is 5.07. The molecule has 1 saturated carbocycles. The van der Waals surface area contributed by atoms with Crippen molar-refractivity contribution in [3.8, 4) is 0 Å². The first-order chi connectivity index (χ1) is 10.0. The molecule has 2 unspecified atom stereocenters. The lowest BCUT2D eigenvalue weighted by atomic mass is 9.67. The number of fused-ring (bicyclic) bond motifs is 1. The van der Waals surface area contributed by atoms with E-state index in [2.05, 4.69) is 43.1 Å². The van der Waals surface area contributed by atoms with E-state index in [0.717, 1.165) is 41.4 Å². The van der Waals surface area contributed by atoms with Crippen LogP contribution in [-0.4, -0.2) is 10.1 Å². The third kappa shape index (κ3) is 2.57. The van der Waals surface area contributed by atoms with Gasteiger partial charge in [-0.15, -0.1) is 0 Å². The van der Waals surface area contributed by atoms with E-state index in [9.17, 15) is 5.11 Å². The Labute approximate surface area is 127 Å². The average molecular weight is 283 g/mol. The molecule has 21 heavy (non-hydrogen) atoms. The van der Waals surface area contributed by atoms with Gasteiger partial charge >= 0.3 is 0 Å². The molecule has 2 aromatic rings. The summed E-state index contributed by atoms with van der Waals surface area (Å²) in [6, 6.07) is 10.4. The monoisotopic (exact) mass is 283 g/mol. The van der Waals surface area contributed by atoms with Gasteiger partial charge in [-0.3, -0.25) is 4.98 Å². The van der Waals surface area contributed by atoms with E-state index < -0.39 is 5.60 Å². The van der Waals surface area contributed by atoms with Gasteiger partial charge in [0.15, 0.2) is 0 Å². The van der Waals surface area contributed by atoms with Crippen LogP contribution in [0.1, 0.15) is 50.8 Å². The van der Waals surface area contributed by atoms with Crippen LogP contribution in [0.4, 0.5) is 0 Å². The number of aromatic nitrogens is 1. The van der Waals surface area contributed by atoms with Crippen molar-refractivity contribution in [2.24, 2.45) is 11.8 Å². The highest BCUT2D eigenvalue weighted by Gasteiger charge is 2.41. The summed E-state index contributed by atoms with van der Waals surface area (Å²) >= 11 is 0. The van der Waals surface area contributed by atoms with Gasteiger partial charge in [0.25, 0.3) is 0 Å². The summed E-state index contributed by atoms with van der Waals surface area (Å²) in [5, 5.41) is 12.5. The molecule has 1 aliphatic carbocycles. The summed E-state index contributed by atoms with van der Waals surface area (Å²) in [5.74, 6) is 0.851. The molecule has 0 bridgehead atoms. The lowest BCUT2D eigenvalue weighted by molar-refractivity contribution is -0.0720. The first-order valence-electron chi connectivity index (χ1n) is 8.11. The van der Waals surface area contributed by atoms with Crippen LogP contribution in [0.3, 0.4) is 0 Å². The molecule has 1 aromatic carbocycles. The zero-order valence-electron chi connectivity index (χ0n) is 13.3. The van der Waals surface area contributed by atoms with Gasteiger partial charge in [0.1, 0.15) is 0 Å². The molecule has 0 aliphatic heterocycles. The van der Waals surface area contributed by atoms with E-state index in [4.69, 9.17) is 0 Å². The van der Waals surface area contributed by atoms with Gasteiger partial charge in [0.2, 0.25) is 0 Å². The maximum atomic E-state index is 11.4. The van der Waals surface area contributed by atoms with Crippen molar-refractivity contribution < 1.29 is 5.11 Å². The fourth-order valence-electron chi connectivity index (χ4n) is 3.92. The van der Waals surface area contributed by atoms with Crippen LogP contribution >= 0.6 is 0 Å². The van der Waals surface area contributed by atoms with E-state index in [1.54, 1.807) is 0 Å². The van der Waals surface area contributed by atoms with Gasteiger partial charge in [-0.25, -0.2) is 0 Å². The van der Waals surface area contributed by atoms with Crippen LogP contribution in [0.5, 0.6) is 0 Å². The van der Waals surface area contributed by atoms with Crippen LogP contribution in [0.25, 0.3) is 10.9 Å². The van der Waals surface area contributed by atoms with Crippen molar-refractivity contribution in [3.05, 3.63) is 41.6 Å². The molecule has 0 amide bonds. The maximum Gasteiger partial charge on any atom is 0.0927 e. The minimum Gasteiger partial charge on any atom is -0.385 e. The lowest BCUT2D eigenvalue weighted by Gasteiger charge is -2.43. The Morgan fingerprint density at radius 2 is 2.00 bits per heavy atom. The molecular formula is C19H25NO. The number of pyridine rings is 1. The van der Waals surface area contributed by atoms with Gasteiger partial charge < -0.3 is 5.11 Å². The molecule has 2 nitrogen and oxygen atoms in total. The zero-order chi connectivity index (χ0) is 15.0. The second-order valence-electron chi connectivity index (χ2n) is 6.88. The molecule has 3 rings (SSSR count). The topological polar surface area (TPSA) is 33.1 Å². The van der Waals surface area contributed by atoms with Crippen LogP contribution in [0, 0.1) is 18.8 Å². The summed E-state index contributed by atoms with van der Waals surface area (Å²) in [5.41, 5.74) is 2.44. The quantitative estimate of drug-likeness (QED) is 0.875. The van der Waals surface area contributed by atoms with Crippen molar-refractivity contribution in [1.29, 1.82) is 0 Å². The Balaban J connectivity index is 2.06. The molecule has 2 heteroatoms. The highest BCUT2D eigenvalue weighted by molar-refractivity contribution is 5.79. The Bertz CT molecular complexity index is 649. The predicted octanol–water partition coefficient (Wildman–Crippen LogP) is 4.58. The number of rotatable bonds is 2. The van der Waals surface area contributed by atoms with Gasteiger partial charge in [0.05, 0.1) is 11.1 Å². The number of aliphatic hydroxyl groups is 1. The van der Waals surface area contributed by atoms with Gasteiger partial charge in [0, 0.05) is 11.1 Å². The summed E-state index contributed by atoms with van der Waals surface area (Å²) in [4.78, 5) is 4.56. The van der Waals surface area contributed by atoms with E-state index in [-0.39, 0.29) is 0 Å². The lowest BCUT2D eigenvalue weighted by Crippen LogP contribution is -2.40. The summed E-state index contributed by atoms with van der Waals surface area (Å²) in [7, 11) is 0. The molecule has 0 radical (unpaired) electrons. The first kappa shape index (κ1) is 14.5. The summed E-state index contributed by atoms with van der Waals surface area (Å²) in [6.07, 6.45) is 4.35. The van der Waals surface area contributed by atoms with Crippen LogP contribution in [-0.2, 0) is 5.60 Å². The third-order valence-electron chi connectivity index (χ3n) is 5.07. The van der Waals surface area contributed by atoms with Crippen molar-refractivity contribution in [3.63, 3.8) is 0 Å². The predicted molar refractivity (Wildman–Crippen MR) is 87.2 cm³/mol. The van der Waals surface area contributed by atoms with Crippen molar-refractivity contribution in [2.45, 2.75) is 52.1 Å². The molecule has 112 valence electrons. The standard InChI is InChI=1S/C19H25NO/c1-13(2)17-6-4-5-11-19(17,21)16-9-10-18-15(12-16)8-7-14(3)20-18/h7-10,12-13,17,21H,4-6,11H2,1-3H3. The van der Waals surface area contributed by atoms with Gasteiger partial charge in [-0.2, -0.15) is 0 Å². The SMILES string of the molecule is Cc1ccc2cc(C3(O)CCCCC3C(C)C)ccc2n1. The second kappa shape index (κ2) is 5.42. The van der Waals surface area contributed by atoms with Crippen LogP contribution in [0.2, 0.25) is 0 Å². The smallest absolute Gasteiger partial charge is 0.0927 e. The molecule has 0 spiro atoms. The fourth-order valence-corrected chi connectivity index (χ4v) is 3.92. The zero-order valence-corrected chi connectivity index (χ0v) is 13.3. The van der Waals surface area contributed by atoms with E-state index in [0.29, 0.717) is 11.8 Å². The van der Waals surface area contributed by atoms with Crippen molar-refractivity contribution in [2.75, 3.05) is 0 Å². The second-order valence-corrected chi connectivity index (χ2v) is 6.88. The Kier molecular flexibility index (Phi) is 3.75. The number of aryl methyl sites for hydroxylation is 1. The highest BCUT2D eigenvalue weighted by atomic mass is 16.3. The minimum absolute atomic E-state index is 0.349. The van der Waals surface area contributed by atoms with E-state index >= 15 is 0 Å². The Hall–Kier alpha value is -1.41. The molecular weight excluding hydrogens is 258 g/mol. The van der Waals surface area contributed by atoms with Gasteiger partial charge in [-0.05, 0) is 55.4 Å². The van der Waals surface area contributed by atoms with Gasteiger partial charge in [-0.1, -0.05) is 38.8 Å². The first-order valence-corrected chi connectivity index (χ1v) is 8.11. The van der Waals surface area contributed by atoms with Crippen molar-refractivity contribution >= 4 is 10.9 Å².